The molecule has 1 atom stereocenters. The molecular weight excluding hydrogens is 340 g/mol. The number of aliphatic hydroxyl groups excluding tert-OH is 1. The summed E-state index contributed by atoms with van der Waals surface area (Å²) in [6.07, 6.45) is 0.258. The average Bonchev–Trinajstić information content (AvgIpc) is 2.40. The molecule has 0 heterocycles. The van der Waals surface area contributed by atoms with Gasteiger partial charge in [-0.05, 0) is 49.2 Å². The molecule has 0 aliphatic carbocycles. The van der Waals surface area contributed by atoms with Crippen molar-refractivity contribution in [2.45, 2.75) is 26.4 Å². The maximum absolute atomic E-state index is 9.80. The number of ether oxygens (including phenoxy) is 1. The molecule has 0 radical (unpaired) electrons. The van der Waals surface area contributed by atoms with Crippen molar-refractivity contribution in [2.24, 2.45) is 0 Å². The molecule has 2 aromatic rings. The van der Waals surface area contributed by atoms with Crippen LogP contribution in [0.5, 0.6) is 11.5 Å². The van der Waals surface area contributed by atoms with Gasteiger partial charge in [-0.3, -0.25) is 0 Å². The number of halogens is 2. The number of benzene rings is 2. The van der Waals surface area contributed by atoms with E-state index >= 15 is 0 Å². The van der Waals surface area contributed by atoms with E-state index < -0.39 is 6.10 Å². The number of rotatable bonds is 4. The Kier molecular flexibility index (Phi) is 5.08. The molecule has 1 N–H and O–H groups in total. The van der Waals surface area contributed by atoms with E-state index in [4.69, 9.17) is 16.3 Å². The van der Waals surface area contributed by atoms with Crippen molar-refractivity contribution in [3.05, 3.63) is 57.0 Å². The molecule has 2 rings (SSSR count). The van der Waals surface area contributed by atoms with Crippen LogP contribution in [0.15, 0.2) is 40.9 Å². The zero-order valence-corrected chi connectivity index (χ0v) is 13.7. The van der Waals surface area contributed by atoms with Gasteiger partial charge < -0.3 is 9.84 Å². The summed E-state index contributed by atoms with van der Waals surface area (Å²) < 4.78 is 6.80. The molecule has 2 aromatic carbocycles. The smallest absolute Gasteiger partial charge is 0.134 e. The van der Waals surface area contributed by atoms with Crippen LogP contribution in [-0.2, 0) is 6.42 Å². The van der Waals surface area contributed by atoms with Crippen LogP contribution in [0, 0.1) is 0 Å². The SMILES string of the molecule is CCc1cc(Oc2cc(Br)ccc2C(C)O)ccc1Cl. The first kappa shape index (κ1) is 15.4. The Balaban J connectivity index is 2.36. The zero-order valence-electron chi connectivity index (χ0n) is 11.4. The van der Waals surface area contributed by atoms with Crippen LogP contribution in [-0.4, -0.2) is 5.11 Å². The van der Waals surface area contributed by atoms with E-state index in [2.05, 4.69) is 15.9 Å². The first-order valence-corrected chi connectivity index (χ1v) is 7.62. The number of hydrogen-bond donors (Lipinski definition) is 1. The van der Waals surface area contributed by atoms with E-state index in [0.29, 0.717) is 11.5 Å². The summed E-state index contributed by atoms with van der Waals surface area (Å²) in [5.74, 6) is 1.35. The molecule has 0 amide bonds. The summed E-state index contributed by atoms with van der Waals surface area (Å²) in [6, 6.07) is 11.2. The molecule has 0 aliphatic rings. The van der Waals surface area contributed by atoms with Crippen LogP contribution in [0.25, 0.3) is 0 Å². The fourth-order valence-corrected chi connectivity index (χ4v) is 2.55. The zero-order chi connectivity index (χ0) is 14.7. The third kappa shape index (κ3) is 3.54. The second-order valence-corrected chi connectivity index (χ2v) is 5.89. The number of hydrogen-bond acceptors (Lipinski definition) is 2. The average molecular weight is 356 g/mol. The summed E-state index contributed by atoms with van der Waals surface area (Å²) in [5.41, 5.74) is 1.79. The largest absolute Gasteiger partial charge is 0.457 e. The lowest BCUT2D eigenvalue weighted by atomic mass is 10.1. The summed E-state index contributed by atoms with van der Waals surface area (Å²) >= 11 is 9.52. The number of aliphatic hydroxyl groups is 1. The van der Waals surface area contributed by atoms with Gasteiger partial charge in [-0.1, -0.05) is 40.5 Å². The Morgan fingerprint density at radius 2 is 2.00 bits per heavy atom. The van der Waals surface area contributed by atoms with Crippen molar-refractivity contribution in [2.75, 3.05) is 0 Å². The van der Waals surface area contributed by atoms with Crippen molar-refractivity contribution >= 4 is 27.5 Å². The highest BCUT2D eigenvalue weighted by atomic mass is 79.9. The van der Waals surface area contributed by atoms with Crippen LogP contribution in [0.1, 0.15) is 31.1 Å². The third-order valence-electron chi connectivity index (χ3n) is 3.05. The molecule has 20 heavy (non-hydrogen) atoms. The van der Waals surface area contributed by atoms with Gasteiger partial charge in [0.25, 0.3) is 0 Å². The van der Waals surface area contributed by atoms with Gasteiger partial charge in [-0.25, -0.2) is 0 Å². The summed E-state index contributed by atoms with van der Waals surface area (Å²) in [7, 11) is 0. The molecule has 2 nitrogen and oxygen atoms in total. The van der Waals surface area contributed by atoms with Gasteiger partial charge in [0.2, 0.25) is 0 Å². The summed E-state index contributed by atoms with van der Waals surface area (Å²) in [4.78, 5) is 0. The highest BCUT2D eigenvalue weighted by Gasteiger charge is 2.11. The Morgan fingerprint density at radius 1 is 1.25 bits per heavy atom. The van der Waals surface area contributed by atoms with Gasteiger partial charge in [-0.15, -0.1) is 0 Å². The normalized spacial score (nSPS) is 12.2. The Labute approximate surface area is 132 Å². The second-order valence-electron chi connectivity index (χ2n) is 4.57. The predicted octanol–water partition coefficient (Wildman–Crippen LogP) is 5.51. The lowest BCUT2D eigenvalue weighted by Crippen LogP contribution is -1.96. The monoisotopic (exact) mass is 354 g/mol. The molecule has 106 valence electrons. The molecule has 1 unspecified atom stereocenters. The van der Waals surface area contributed by atoms with E-state index in [1.165, 1.54) is 0 Å². The van der Waals surface area contributed by atoms with E-state index in [1.54, 1.807) is 6.92 Å². The van der Waals surface area contributed by atoms with Crippen molar-refractivity contribution < 1.29 is 9.84 Å². The van der Waals surface area contributed by atoms with Crippen LogP contribution in [0.2, 0.25) is 5.02 Å². The summed E-state index contributed by atoms with van der Waals surface area (Å²) in [5, 5.41) is 10.5. The molecular formula is C16H16BrClO2. The van der Waals surface area contributed by atoms with Gasteiger partial charge in [0, 0.05) is 15.1 Å². The molecule has 0 aliphatic heterocycles. The number of aryl methyl sites for hydroxylation is 1. The quantitative estimate of drug-likeness (QED) is 0.783. The van der Waals surface area contributed by atoms with Crippen molar-refractivity contribution in [3.63, 3.8) is 0 Å². The van der Waals surface area contributed by atoms with E-state index in [1.807, 2.05) is 43.3 Å². The Hall–Kier alpha value is -1.03. The minimum atomic E-state index is -0.587. The fourth-order valence-electron chi connectivity index (χ4n) is 1.95. The van der Waals surface area contributed by atoms with Crippen LogP contribution < -0.4 is 4.74 Å². The molecule has 0 saturated heterocycles. The highest BCUT2D eigenvalue weighted by molar-refractivity contribution is 9.10. The fraction of sp³-hybridized carbons (Fsp3) is 0.250. The lowest BCUT2D eigenvalue weighted by Gasteiger charge is -2.14. The first-order valence-electron chi connectivity index (χ1n) is 6.45. The van der Waals surface area contributed by atoms with Gasteiger partial charge >= 0.3 is 0 Å². The van der Waals surface area contributed by atoms with Crippen LogP contribution in [0.4, 0.5) is 0 Å². The summed E-state index contributed by atoms with van der Waals surface area (Å²) in [6.45, 7) is 3.76. The van der Waals surface area contributed by atoms with Gasteiger partial charge in [-0.2, -0.15) is 0 Å². The van der Waals surface area contributed by atoms with E-state index in [0.717, 1.165) is 27.0 Å². The lowest BCUT2D eigenvalue weighted by molar-refractivity contribution is 0.195. The van der Waals surface area contributed by atoms with E-state index in [9.17, 15) is 5.11 Å². The van der Waals surface area contributed by atoms with E-state index in [-0.39, 0.29) is 0 Å². The molecule has 0 fully saturated rings. The molecule has 0 saturated carbocycles. The van der Waals surface area contributed by atoms with Crippen LogP contribution >= 0.6 is 27.5 Å². The highest BCUT2D eigenvalue weighted by Crippen LogP contribution is 2.33. The van der Waals surface area contributed by atoms with Crippen molar-refractivity contribution in [3.8, 4) is 11.5 Å². The van der Waals surface area contributed by atoms with Crippen molar-refractivity contribution in [1.29, 1.82) is 0 Å². The standard InChI is InChI=1S/C16H16BrClO2/c1-3-11-8-13(5-7-15(11)18)20-16-9-12(17)4-6-14(16)10(2)19/h4-10,19H,3H2,1-2H3. The minimum absolute atomic E-state index is 0.587. The Bertz CT molecular complexity index is 611. The second kappa shape index (κ2) is 6.61. The topological polar surface area (TPSA) is 29.5 Å². The van der Waals surface area contributed by atoms with Gasteiger partial charge in [0.1, 0.15) is 11.5 Å². The van der Waals surface area contributed by atoms with Gasteiger partial charge in [0.15, 0.2) is 0 Å². The minimum Gasteiger partial charge on any atom is -0.457 e. The molecule has 4 heteroatoms. The molecule has 0 spiro atoms. The molecule has 0 aromatic heterocycles. The van der Waals surface area contributed by atoms with Crippen molar-refractivity contribution in [1.82, 2.24) is 0 Å². The van der Waals surface area contributed by atoms with Crippen LogP contribution in [0.3, 0.4) is 0 Å². The Morgan fingerprint density at radius 3 is 2.65 bits per heavy atom. The maximum Gasteiger partial charge on any atom is 0.134 e. The molecule has 0 bridgehead atoms. The third-order valence-corrected chi connectivity index (χ3v) is 3.91. The maximum atomic E-state index is 9.80. The first-order chi connectivity index (χ1) is 9.51. The van der Waals surface area contributed by atoms with Gasteiger partial charge in [0.05, 0.1) is 6.10 Å². The predicted molar refractivity (Wildman–Crippen MR) is 85.7 cm³/mol.